The third-order valence-corrected chi connectivity index (χ3v) is 5.32. The molecule has 1 aliphatic heterocycles. The monoisotopic (exact) mass is 385 g/mol. The highest BCUT2D eigenvalue weighted by Gasteiger charge is 2.21. The molecule has 150 valence electrons. The molecule has 2 heterocycles. The number of benzene rings is 1. The van der Waals surface area contributed by atoms with Crippen LogP contribution in [0.2, 0.25) is 0 Å². The molecule has 0 radical (unpaired) electrons. The first-order valence-electron chi connectivity index (χ1n) is 9.85. The standard InChI is InChI=1S/C23H29F2N3/c1-6-17-8-18(13-27-17)28-14(2)19-9-22(25)20(10-21(19)24)15-7-16(12-26-11-15)23(3,4)5/h7,9-14,17,27-28H,6,8H2,1-5H3/t14?,17-/m0/s1. The highest BCUT2D eigenvalue weighted by atomic mass is 19.1. The minimum atomic E-state index is -0.442. The number of nitrogens with one attached hydrogen (secondary N) is 2. The summed E-state index contributed by atoms with van der Waals surface area (Å²) in [6.45, 7) is 10.2. The fourth-order valence-electron chi connectivity index (χ4n) is 3.43. The van der Waals surface area contributed by atoms with E-state index in [0.717, 1.165) is 24.1 Å². The highest BCUT2D eigenvalue weighted by Crippen LogP contribution is 2.31. The van der Waals surface area contributed by atoms with Crippen molar-refractivity contribution in [3.63, 3.8) is 0 Å². The van der Waals surface area contributed by atoms with Gasteiger partial charge in [0.1, 0.15) is 11.6 Å². The fourth-order valence-corrected chi connectivity index (χ4v) is 3.43. The Labute approximate surface area is 166 Å². The molecule has 0 saturated heterocycles. The van der Waals surface area contributed by atoms with E-state index in [0.29, 0.717) is 17.2 Å². The molecule has 0 fully saturated rings. The van der Waals surface area contributed by atoms with Gasteiger partial charge in [0.05, 0.1) is 6.04 Å². The van der Waals surface area contributed by atoms with Gasteiger partial charge in [-0.15, -0.1) is 0 Å². The van der Waals surface area contributed by atoms with Crippen molar-refractivity contribution in [2.45, 2.75) is 65.0 Å². The number of hydrogen-bond donors (Lipinski definition) is 2. The van der Waals surface area contributed by atoms with Crippen LogP contribution in [0.4, 0.5) is 8.78 Å². The molecule has 0 spiro atoms. The average Bonchev–Trinajstić information content (AvgIpc) is 3.10. The molecule has 1 aromatic carbocycles. The Morgan fingerprint density at radius 3 is 2.57 bits per heavy atom. The number of rotatable bonds is 5. The van der Waals surface area contributed by atoms with E-state index in [1.165, 1.54) is 12.1 Å². The Kier molecular flexibility index (Phi) is 5.73. The van der Waals surface area contributed by atoms with Crippen molar-refractivity contribution >= 4 is 0 Å². The fraction of sp³-hybridized carbons (Fsp3) is 0.435. The molecule has 2 atom stereocenters. The van der Waals surface area contributed by atoms with Crippen LogP contribution in [-0.2, 0) is 5.41 Å². The molecule has 0 aliphatic carbocycles. The summed E-state index contributed by atoms with van der Waals surface area (Å²) in [5, 5.41) is 6.58. The third-order valence-electron chi connectivity index (χ3n) is 5.32. The first-order chi connectivity index (χ1) is 13.2. The molecule has 2 N–H and O–H groups in total. The van der Waals surface area contributed by atoms with Gasteiger partial charge in [0.25, 0.3) is 0 Å². The van der Waals surface area contributed by atoms with E-state index in [4.69, 9.17) is 0 Å². The first-order valence-corrected chi connectivity index (χ1v) is 9.85. The Balaban J connectivity index is 1.85. The summed E-state index contributed by atoms with van der Waals surface area (Å²) in [5.74, 6) is -0.862. The van der Waals surface area contributed by atoms with Crippen molar-refractivity contribution in [1.29, 1.82) is 0 Å². The topological polar surface area (TPSA) is 37.0 Å². The summed E-state index contributed by atoms with van der Waals surface area (Å²) in [5.41, 5.74) is 3.03. The molecule has 5 heteroatoms. The molecule has 1 aromatic heterocycles. The van der Waals surface area contributed by atoms with Crippen LogP contribution in [0.3, 0.4) is 0 Å². The zero-order valence-corrected chi connectivity index (χ0v) is 17.2. The normalized spacial score (nSPS) is 17.8. The van der Waals surface area contributed by atoms with Crippen LogP contribution in [0.25, 0.3) is 11.1 Å². The Morgan fingerprint density at radius 1 is 1.18 bits per heavy atom. The molecule has 28 heavy (non-hydrogen) atoms. The molecule has 1 unspecified atom stereocenters. The molecular formula is C23H29F2N3. The number of aromatic nitrogens is 1. The maximum Gasteiger partial charge on any atom is 0.131 e. The summed E-state index contributed by atoms with van der Waals surface area (Å²) >= 11 is 0. The van der Waals surface area contributed by atoms with Crippen molar-refractivity contribution in [3.8, 4) is 11.1 Å². The lowest BCUT2D eigenvalue weighted by Crippen LogP contribution is -2.20. The second kappa shape index (κ2) is 7.90. The summed E-state index contributed by atoms with van der Waals surface area (Å²) in [4.78, 5) is 4.22. The maximum absolute atomic E-state index is 14.9. The predicted octanol–water partition coefficient (Wildman–Crippen LogP) is 5.59. The highest BCUT2D eigenvalue weighted by molar-refractivity contribution is 5.65. The van der Waals surface area contributed by atoms with Crippen LogP contribution in [-0.4, -0.2) is 11.0 Å². The maximum atomic E-state index is 14.9. The lowest BCUT2D eigenvalue weighted by atomic mass is 9.87. The second-order valence-electron chi connectivity index (χ2n) is 8.58. The summed E-state index contributed by atoms with van der Waals surface area (Å²) < 4.78 is 29.7. The third kappa shape index (κ3) is 4.34. The van der Waals surface area contributed by atoms with E-state index in [-0.39, 0.29) is 17.0 Å². The van der Waals surface area contributed by atoms with Gasteiger partial charge >= 0.3 is 0 Å². The molecule has 0 bridgehead atoms. The van der Waals surface area contributed by atoms with Crippen LogP contribution in [0.1, 0.15) is 64.6 Å². The van der Waals surface area contributed by atoms with Crippen LogP contribution in [0, 0.1) is 11.6 Å². The zero-order chi connectivity index (χ0) is 20.5. The Morgan fingerprint density at radius 2 is 1.93 bits per heavy atom. The Bertz CT molecular complexity index is 884. The average molecular weight is 386 g/mol. The van der Waals surface area contributed by atoms with E-state index in [1.54, 1.807) is 12.4 Å². The largest absolute Gasteiger partial charge is 0.386 e. The van der Waals surface area contributed by atoms with Gasteiger partial charge in [-0.2, -0.15) is 0 Å². The molecular weight excluding hydrogens is 356 g/mol. The first kappa shape index (κ1) is 20.3. The van der Waals surface area contributed by atoms with E-state index in [1.807, 2.05) is 19.2 Å². The van der Waals surface area contributed by atoms with E-state index >= 15 is 0 Å². The van der Waals surface area contributed by atoms with Gasteiger partial charge in [-0.1, -0.05) is 27.7 Å². The van der Waals surface area contributed by atoms with Gasteiger partial charge in [0.2, 0.25) is 0 Å². The number of nitrogens with zero attached hydrogens (tertiary/aromatic N) is 1. The summed E-state index contributed by atoms with van der Waals surface area (Å²) in [6, 6.07) is 4.54. The number of hydrogen-bond acceptors (Lipinski definition) is 3. The molecule has 1 aliphatic rings. The van der Waals surface area contributed by atoms with Crippen molar-refractivity contribution in [1.82, 2.24) is 15.6 Å². The van der Waals surface area contributed by atoms with E-state index in [9.17, 15) is 8.78 Å². The molecule has 0 amide bonds. The molecule has 0 saturated carbocycles. The van der Waals surface area contributed by atoms with Crippen LogP contribution < -0.4 is 10.6 Å². The van der Waals surface area contributed by atoms with Crippen LogP contribution in [0.5, 0.6) is 0 Å². The lowest BCUT2D eigenvalue weighted by molar-refractivity contribution is 0.535. The quantitative estimate of drug-likeness (QED) is 0.705. The smallest absolute Gasteiger partial charge is 0.131 e. The minimum absolute atomic E-state index is 0.115. The molecule has 2 aromatic rings. The lowest BCUT2D eigenvalue weighted by Gasteiger charge is -2.20. The van der Waals surface area contributed by atoms with Crippen LogP contribution >= 0.6 is 0 Å². The Hall–Kier alpha value is -2.43. The van der Waals surface area contributed by atoms with Crippen LogP contribution in [0.15, 0.2) is 42.5 Å². The van der Waals surface area contributed by atoms with Gasteiger partial charge in [-0.3, -0.25) is 4.98 Å². The van der Waals surface area contributed by atoms with Gasteiger partial charge in [0, 0.05) is 53.4 Å². The molecule has 3 rings (SSSR count). The van der Waals surface area contributed by atoms with Crippen molar-refractivity contribution in [2.75, 3.05) is 0 Å². The van der Waals surface area contributed by atoms with Crippen molar-refractivity contribution in [3.05, 3.63) is 65.3 Å². The van der Waals surface area contributed by atoms with Gasteiger partial charge in [0.15, 0.2) is 0 Å². The predicted molar refractivity (Wildman–Crippen MR) is 110 cm³/mol. The van der Waals surface area contributed by atoms with Crippen molar-refractivity contribution < 1.29 is 8.78 Å². The number of halogens is 2. The van der Waals surface area contributed by atoms with Gasteiger partial charge in [-0.05, 0) is 42.5 Å². The second-order valence-corrected chi connectivity index (χ2v) is 8.58. The van der Waals surface area contributed by atoms with Gasteiger partial charge in [-0.25, -0.2) is 8.78 Å². The van der Waals surface area contributed by atoms with Crippen molar-refractivity contribution in [2.24, 2.45) is 0 Å². The SMILES string of the molecule is CC[C@H]1CC(NC(C)c2cc(F)c(-c3cncc(C(C)(C)C)c3)cc2F)=CN1. The van der Waals surface area contributed by atoms with E-state index < -0.39 is 11.6 Å². The summed E-state index contributed by atoms with van der Waals surface area (Å²) in [6.07, 6.45) is 7.17. The van der Waals surface area contributed by atoms with E-state index in [2.05, 4.69) is 43.3 Å². The summed E-state index contributed by atoms with van der Waals surface area (Å²) in [7, 11) is 0. The minimum Gasteiger partial charge on any atom is -0.386 e. The zero-order valence-electron chi connectivity index (χ0n) is 17.2. The molecule has 3 nitrogen and oxygen atoms in total. The van der Waals surface area contributed by atoms with Gasteiger partial charge < -0.3 is 10.6 Å². The number of pyridine rings is 1.